The molecule has 30 heavy (non-hydrogen) atoms. The number of thiophene rings is 1. The largest absolute Gasteiger partial charge is 0.474 e. The van der Waals surface area contributed by atoms with Crippen LogP contribution >= 0.6 is 11.3 Å². The van der Waals surface area contributed by atoms with Crippen molar-refractivity contribution in [2.24, 2.45) is 0 Å². The lowest BCUT2D eigenvalue weighted by atomic mass is 9.92. The summed E-state index contributed by atoms with van der Waals surface area (Å²) in [5.41, 5.74) is 1.77. The van der Waals surface area contributed by atoms with Crippen molar-refractivity contribution in [3.63, 3.8) is 0 Å². The van der Waals surface area contributed by atoms with Crippen molar-refractivity contribution in [1.29, 1.82) is 0 Å². The fraction of sp³-hybridized carbons (Fsp3) is 0.318. The Morgan fingerprint density at radius 1 is 1.23 bits per heavy atom. The number of carbonyl (C=O) groups is 1. The Morgan fingerprint density at radius 3 is 2.80 bits per heavy atom. The lowest BCUT2D eigenvalue weighted by Gasteiger charge is -2.33. The van der Waals surface area contributed by atoms with E-state index < -0.39 is 6.09 Å². The van der Waals surface area contributed by atoms with Gasteiger partial charge in [-0.25, -0.2) is 14.8 Å². The molecule has 8 heteroatoms. The molecular weight excluding hydrogens is 402 g/mol. The molecule has 0 spiro atoms. The number of hydrogen-bond acceptors (Lipinski definition) is 6. The quantitative estimate of drug-likeness (QED) is 0.472. The van der Waals surface area contributed by atoms with Crippen LogP contribution in [0.25, 0.3) is 32.5 Å². The molecule has 1 aliphatic carbocycles. The lowest BCUT2D eigenvalue weighted by Crippen LogP contribution is -2.40. The number of benzene rings is 1. The smallest absolute Gasteiger partial charge is 0.407 e. The third-order valence-corrected chi connectivity index (χ3v) is 6.68. The molecule has 0 saturated heterocycles. The van der Waals surface area contributed by atoms with Crippen LogP contribution < -0.4 is 4.74 Å². The summed E-state index contributed by atoms with van der Waals surface area (Å²) in [6.45, 7) is 0. The Kier molecular flexibility index (Phi) is 4.78. The zero-order chi connectivity index (χ0) is 20.7. The lowest BCUT2D eigenvalue weighted by molar-refractivity contribution is 0.0891. The van der Waals surface area contributed by atoms with E-state index in [2.05, 4.69) is 9.97 Å². The van der Waals surface area contributed by atoms with E-state index in [-0.39, 0.29) is 12.1 Å². The summed E-state index contributed by atoms with van der Waals surface area (Å²) < 4.78 is 12.4. The third-order valence-electron chi connectivity index (χ3n) is 5.80. The zero-order valence-electron chi connectivity index (χ0n) is 16.4. The second-order valence-electron chi connectivity index (χ2n) is 7.60. The number of carboxylic acid groups (broad SMARTS) is 1. The van der Waals surface area contributed by atoms with Gasteiger partial charge in [0.05, 0.1) is 5.39 Å². The summed E-state index contributed by atoms with van der Waals surface area (Å²) in [6, 6.07) is 9.99. The van der Waals surface area contributed by atoms with Gasteiger partial charge in [0.2, 0.25) is 5.88 Å². The summed E-state index contributed by atoms with van der Waals surface area (Å²) in [6.07, 6.45) is 3.79. The maximum absolute atomic E-state index is 11.2. The average molecular weight is 423 g/mol. The van der Waals surface area contributed by atoms with Crippen LogP contribution in [0.5, 0.6) is 5.88 Å². The maximum Gasteiger partial charge on any atom is 0.407 e. The van der Waals surface area contributed by atoms with Crippen LogP contribution in [0.15, 0.2) is 46.5 Å². The molecule has 0 radical (unpaired) electrons. The van der Waals surface area contributed by atoms with Crippen LogP contribution in [0.4, 0.5) is 4.79 Å². The topological polar surface area (TPSA) is 88.7 Å². The molecule has 1 amide bonds. The average Bonchev–Trinajstić information content (AvgIpc) is 3.38. The van der Waals surface area contributed by atoms with Crippen LogP contribution in [0.3, 0.4) is 0 Å². The van der Waals surface area contributed by atoms with Crippen LogP contribution in [-0.4, -0.2) is 45.3 Å². The molecule has 1 fully saturated rings. The van der Waals surface area contributed by atoms with Crippen molar-refractivity contribution in [3.05, 3.63) is 42.0 Å². The van der Waals surface area contributed by atoms with E-state index in [9.17, 15) is 9.90 Å². The van der Waals surface area contributed by atoms with Gasteiger partial charge in [0.15, 0.2) is 0 Å². The molecule has 5 rings (SSSR count). The molecule has 0 atom stereocenters. The first kappa shape index (κ1) is 18.9. The maximum atomic E-state index is 11.2. The van der Waals surface area contributed by atoms with E-state index in [4.69, 9.17) is 9.15 Å². The highest BCUT2D eigenvalue weighted by atomic mass is 32.1. The SMILES string of the molecule is CN(C(=O)O)C1CCC(Oc2ncnc3scc(-c4cc5ccccc5o4)c23)CC1. The number of hydrogen-bond donors (Lipinski definition) is 1. The van der Waals surface area contributed by atoms with Crippen molar-refractivity contribution in [1.82, 2.24) is 14.9 Å². The Hall–Kier alpha value is -3.13. The van der Waals surface area contributed by atoms with E-state index in [1.54, 1.807) is 7.05 Å². The number of rotatable bonds is 4. The molecule has 3 aromatic heterocycles. The van der Waals surface area contributed by atoms with Gasteiger partial charge in [0.25, 0.3) is 0 Å². The van der Waals surface area contributed by atoms with Gasteiger partial charge in [0, 0.05) is 29.4 Å². The van der Waals surface area contributed by atoms with Gasteiger partial charge in [-0.2, -0.15) is 0 Å². The molecule has 0 unspecified atom stereocenters. The van der Waals surface area contributed by atoms with Crippen molar-refractivity contribution >= 4 is 38.6 Å². The number of nitrogens with zero attached hydrogens (tertiary/aromatic N) is 3. The van der Waals surface area contributed by atoms with E-state index in [0.717, 1.165) is 58.2 Å². The molecule has 1 N–H and O–H groups in total. The van der Waals surface area contributed by atoms with E-state index in [1.165, 1.54) is 22.6 Å². The second kappa shape index (κ2) is 7.60. The number of ether oxygens (including phenoxy) is 1. The summed E-state index contributed by atoms with van der Waals surface area (Å²) in [4.78, 5) is 22.3. The minimum atomic E-state index is -0.884. The molecule has 154 valence electrons. The molecule has 0 aliphatic heterocycles. The highest BCUT2D eigenvalue weighted by Crippen LogP contribution is 2.40. The molecule has 4 aromatic rings. The first-order valence-electron chi connectivity index (χ1n) is 9.93. The van der Waals surface area contributed by atoms with Crippen LogP contribution in [-0.2, 0) is 0 Å². The summed E-state index contributed by atoms with van der Waals surface area (Å²) in [7, 11) is 1.63. The van der Waals surface area contributed by atoms with Gasteiger partial charge in [-0.05, 0) is 37.8 Å². The fourth-order valence-corrected chi connectivity index (χ4v) is 4.98. The van der Waals surface area contributed by atoms with Gasteiger partial charge < -0.3 is 19.2 Å². The van der Waals surface area contributed by atoms with Gasteiger partial charge in [-0.1, -0.05) is 18.2 Å². The number of aromatic nitrogens is 2. The van der Waals surface area contributed by atoms with Gasteiger partial charge in [-0.15, -0.1) is 11.3 Å². The zero-order valence-corrected chi connectivity index (χ0v) is 17.3. The molecule has 7 nitrogen and oxygen atoms in total. The molecule has 1 aromatic carbocycles. The van der Waals surface area contributed by atoms with Gasteiger partial charge >= 0.3 is 6.09 Å². The normalized spacial score (nSPS) is 19.2. The minimum absolute atomic E-state index is 0.00460. The van der Waals surface area contributed by atoms with E-state index in [1.807, 2.05) is 35.7 Å². The summed E-state index contributed by atoms with van der Waals surface area (Å²) in [5.74, 6) is 1.33. The fourth-order valence-electron chi connectivity index (χ4n) is 4.10. The number of furan rings is 1. The molecule has 3 heterocycles. The van der Waals surface area contributed by atoms with Crippen LogP contribution in [0, 0.1) is 0 Å². The summed E-state index contributed by atoms with van der Waals surface area (Å²) in [5, 5.41) is 13.1. The highest BCUT2D eigenvalue weighted by molar-refractivity contribution is 7.17. The standard InChI is InChI=1S/C22H21N3O4S/c1-25(22(26)27)14-6-8-15(9-7-14)28-20-19-16(11-30-21(19)24-12-23-20)18-10-13-4-2-3-5-17(13)29-18/h2-5,10-12,14-15H,6-9H2,1H3,(H,26,27). The number of amides is 1. The Bertz CT molecular complexity index is 1180. The molecular formula is C22H21N3O4S. The monoisotopic (exact) mass is 423 g/mol. The van der Waals surface area contributed by atoms with Crippen molar-refractivity contribution in [2.45, 2.75) is 37.8 Å². The second-order valence-corrected chi connectivity index (χ2v) is 8.46. The number of fused-ring (bicyclic) bond motifs is 2. The van der Waals surface area contributed by atoms with Gasteiger partial charge in [0.1, 0.15) is 28.6 Å². The highest BCUT2D eigenvalue weighted by Gasteiger charge is 2.28. The molecule has 1 saturated carbocycles. The van der Waals surface area contributed by atoms with Crippen molar-refractivity contribution in [3.8, 4) is 17.2 Å². The minimum Gasteiger partial charge on any atom is -0.474 e. The molecule has 1 aliphatic rings. The van der Waals surface area contributed by atoms with Gasteiger partial charge in [-0.3, -0.25) is 0 Å². The van der Waals surface area contributed by atoms with E-state index in [0.29, 0.717) is 5.88 Å². The Morgan fingerprint density at radius 2 is 2.03 bits per heavy atom. The number of para-hydroxylation sites is 1. The first-order chi connectivity index (χ1) is 14.6. The van der Waals surface area contributed by atoms with E-state index >= 15 is 0 Å². The predicted octanol–water partition coefficient (Wildman–Crippen LogP) is 5.40. The van der Waals surface area contributed by atoms with Crippen LogP contribution in [0.2, 0.25) is 0 Å². The Labute approximate surface area is 176 Å². The van der Waals surface area contributed by atoms with Crippen molar-refractivity contribution < 1.29 is 19.1 Å². The summed E-state index contributed by atoms with van der Waals surface area (Å²) >= 11 is 1.54. The first-order valence-corrected chi connectivity index (χ1v) is 10.8. The Balaban J connectivity index is 1.42. The molecule has 0 bridgehead atoms. The van der Waals surface area contributed by atoms with Crippen LogP contribution in [0.1, 0.15) is 25.7 Å². The van der Waals surface area contributed by atoms with Crippen molar-refractivity contribution in [2.75, 3.05) is 7.05 Å². The predicted molar refractivity (Wildman–Crippen MR) is 115 cm³/mol. The third kappa shape index (κ3) is 3.37.